The minimum Gasteiger partial charge on any atom is -0.253 e. The van der Waals surface area contributed by atoms with Crippen molar-refractivity contribution in [2.75, 3.05) is 0 Å². The third-order valence-corrected chi connectivity index (χ3v) is 4.64. The molecule has 0 unspecified atom stereocenters. The summed E-state index contributed by atoms with van der Waals surface area (Å²) in [5.41, 5.74) is -0.562. The Hall–Kier alpha value is -1.88. The zero-order valence-electron chi connectivity index (χ0n) is 10.6. The van der Waals surface area contributed by atoms with E-state index in [1.807, 2.05) is 22.6 Å². The minimum atomic E-state index is -0.726. The Balaban J connectivity index is 2.17. The Labute approximate surface area is 138 Å². The van der Waals surface area contributed by atoms with Crippen LogP contribution in [-0.4, -0.2) is 19.1 Å². The molecule has 0 atom stereocenters. The Kier molecular flexibility index (Phi) is 3.01. The van der Waals surface area contributed by atoms with E-state index in [4.69, 9.17) is 0 Å². The number of benzene rings is 2. The summed E-state index contributed by atoms with van der Waals surface area (Å²) in [5, 5.41) is 3.83. The van der Waals surface area contributed by atoms with E-state index in [0.29, 0.717) is 8.27 Å². The third kappa shape index (κ3) is 1.88. The second kappa shape index (κ2) is 4.81. The van der Waals surface area contributed by atoms with Crippen molar-refractivity contribution in [2.45, 2.75) is 0 Å². The van der Waals surface area contributed by atoms with Crippen LogP contribution in [0.15, 0.2) is 29.1 Å². The fraction of sp³-hybridized carbons (Fsp3) is 0. The van der Waals surface area contributed by atoms with E-state index in [1.54, 1.807) is 12.1 Å². The molecule has 0 fully saturated rings. The molecule has 1 N–H and O–H groups in total. The normalized spacial score (nSPS) is 11.6. The van der Waals surface area contributed by atoms with E-state index < -0.39 is 17.3 Å². The van der Waals surface area contributed by atoms with E-state index in [9.17, 15) is 13.6 Å². The van der Waals surface area contributed by atoms with Crippen molar-refractivity contribution >= 4 is 55.4 Å². The largest absolute Gasteiger partial charge is 0.353 e. The molecular formula is C13H5F2IN4OS. The number of aromatic nitrogens is 4. The van der Waals surface area contributed by atoms with Gasteiger partial charge in [-0.1, -0.05) is 0 Å². The Morgan fingerprint density at radius 2 is 2.09 bits per heavy atom. The summed E-state index contributed by atoms with van der Waals surface area (Å²) >= 11 is 3.08. The maximum absolute atomic E-state index is 14.7. The lowest BCUT2D eigenvalue weighted by atomic mass is 10.2. The van der Waals surface area contributed by atoms with Crippen LogP contribution in [0.1, 0.15) is 0 Å². The van der Waals surface area contributed by atoms with Crippen LogP contribution in [0.3, 0.4) is 0 Å². The van der Waals surface area contributed by atoms with E-state index in [1.165, 1.54) is 12.1 Å². The lowest BCUT2D eigenvalue weighted by Crippen LogP contribution is -2.16. The number of nitrogens with zero attached hydrogens (tertiary/aromatic N) is 3. The highest BCUT2D eigenvalue weighted by Gasteiger charge is 2.20. The van der Waals surface area contributed by atoms with E-state index in [-0.39, 0.29) is 22.2 Å². The topological polar surface area (TPSA) is 63.6 Å². The fourth-order valence-corrected chi connectivity index (χ4v) is 3.42. The molecule has 9 heteroatoms. The molecule has 2 heterocycles. The zero-order chi connectivity index (χ0) is 15.4. The number of rotatable bonds is 1. The summed E-state index contributed by atoms with van der Waals surface area (Å²) in [5.74, 6) is -1.31. The van der Waals surface area contributed by atoms with Crippen molar-refractivity contribution in [3.05, 3.63) is 50.0 Å². The second-order valence-electron chi connectivity index (χ2n) is 4.54. The minimum absolute atomic E-state index is 0.0367. The average Bonchev–Trinajstić information content (AvgIpc) is 3.04. The first-order chi connectivity index (χ1) is 10.6. The molecule has 2 aromatic carbocycles. The van der Waals surface area contributed by atoms with Crippen LogP contribution in [0.25, 0.3) is 26.9 Å². The van der Waals surface area contributed by atoms with Crippen molar-refractivity contribution in [3.63, 3.8) is 0 Å². The lowest BCUT2D eigenvalue weighted by molar-refractivity contribution is 0.613. The maximum Gasteiger partial charge on any atom is 0.353 e. The predicted molar refractivity (Wildman–Crippen MR) is 87.5 cm³/mol. The monoisotopic (exact) mass is 430 g/mol. The molecule has 0 bridgehead atoms. The highest BCUT2D eigenvalue weighted by atomic mass is 127. The summed E-state index contributed by atoms with van der Waals surface area (Å²) in [4.78, 5) is 15.9. The van der Waals surface area contributed by atoms with Gasteiger partial charge in [0.05, 0.1) is 15.9 Å². The standard InChI is InChI=1S/C13H5F2IN4OS/c14-6-3-5(16)1-2-8(6)20-12-7(17-13(20)21)4-9-11(10(12)15)18-19-22-9/h1-4,19H. The number of hydrogen-bond acceptors (Lipinski definition) is 4. The van der Waals surface area contributed by atoms with Crippen LogP contribution >= 0.6 is 34.1 Å². The number of halogens is 3. The van der Waals surface area contributed by atoms with Crippen LogP contribution in [0, 0.1) is 15.2 Å². The molecule has 4 rings (SSSR count). The van der Waals surface area contributed by atoms with Gasteiger partial charge in [-0.15, -0.1) is 0 Å². The summed E-state index contributed by atoms with van der Waals surface area (Å²) in [6.07, 6.45) is 0. The van der Waals surface area contributed by atoms with Gasteiger partial charge >= 0.3 is 5.69 Å². The molecule has 0 radical (unpaired) electrons. The number of fused-ring (bicyclic) bond motifs is 2. The highest BCUT2D eigenvalue weighted by Crippen LogP contribution is 2.28. The molecule has 22 heavy (non-hydrogen) atoms. The van der Waals surface area contributed by atoms with Gasteiger partial charge in [-0.3, -0.25) is 4.57 Å². The molecule has 0 saturated carbocycles. The van der Waals surface area contributed by atoms with Crippen molar-refractivity contribution < 1.29 is 8.78 Å². The van der Waals surface area contributed by atoms with Gasteiger partial charge in [-0.2, -0.15) is 10.1 Å². The lowest BCUT2D eigenvalue weighted by Gasteiger charge is -2.06. The first-order valence-electron chi connectivity index (χ1n) is 6.06. The molecule has 0 saturated heterocycles. The van der Waals surface area contributed by atoms with Crippen molar-refractivity contribution in [1.82, 2.24) is 19.1 Å². The van der Waals surface area contributed by atoms with Crippen molar-refractivity contribution in [1.29, 1.82) is 0 Å². The summed E-state index contributed by atoms with van der Waals surface area (Å²) < 4.78 is 33.6. The predicted octanol–water partition coefficient (Wildman–Crippen LogP) is 3.21. The molecule has 110 valence electrons. The van der Waals surface area contributed by atoms with Gasteiger partial charge in [0.1, 0.15) is 16.9 Å². The number of imidazole rings is 1. The van der Waals surface area contributed by atoms with Crippen LogP contribution in [0.4, 0.5) is 8.78 Å². The Morgan fingerprint density at radius 3 is 2.86 bits per heavy atom. The van der Waals surface area contributed by atoms with Crippen LogP contribution in [0.2, 0.25) is 0 Å². The molecule has 5 nitrogen and oxygen atoms in total. The van der Waals surface area contributed by atoms with Crippen LogP contribution in [-0.2, 0) is 0 Å². The smallest absolute Gasteiger partial charge is 0.253 e. The van der Waals surface area contributed by atoms with Crippen LogP contribution < -0.4 is 5.69 Å². The summed E-state index contributed by atoms with van der Waals surface area (Å²) in [7, 11) is 0. The van der Waals surface area contributed by atoms with Crippen LogP contribution in [0.5, 0.6) is 0 Å². The van der Waals surface area contributed by atoms with E-state index in [0.717, 1.165) is 16.1 Å². The number of H-pyrrole nitrogens is 1. The molecular weight excluding hydrogens is 425 g/mol. The van der Waals surface area contributed by atoms with E-state index >= 15 is 0 Å². The number of hydrogen-bond donors (Lipinski definition) is 1. The third-order valence-electron chi connectivity index (χ3n) is 3.25. The Morgan fingerprint density at radius 1 is 1.27 bits per heavy atom. The first kappa shape index (κ1) is 13.8. The number of aromatic amines is 1. The summed E-state index contributed by atoms with van der Waals surface area (Å²) in [6.45, 7) is 0. The van der Waals surface area contributed by atoms with Gasteiger partial charge in [-0.25, -0.2) is 18.1 Å². The second-order valence-corrected chi connectivity index (χ2v) is 6.61. The summed E-state index contributed by atoms with van der Waals surface area (Å²) in [6, 6.07) is 5.90. The van der Waals surface area contributed by atoms with Gasteiger partial charge in [0.2, 0.25) is 0 Å². The molecule has 0 spiro atoms. The van der Waals surface area contributed by atoms with Crippen molar-refractivity contribution in [2.24, 2.45) is 0 Å². The van der Waals surface area contributed by atoms with Crippen molar-refractivity contribution in [3.8, 4) is 5.69 Å². The molecule has 0 aliphatic carbocycles. The SMILES string of the molecule is O=c1nc2cc3s[nH]nc3c(F)c2n1-c1ccc(I)cc1F. The molecule has 0 aliphatic rings. The van der Waals surface area contributed by atoms with Gasteiger partial charge < -0.3 is 0 Å². The molecule has 0 amide bonds. The zero-order valence-corrected chi connectivity index (χ0v) is 13.6. The van der Waals surface area contributed by atoms with Gasteiger partial charge in [-0.05, 0) is 58.4 Å². The first-order valence-corrected chi connectivity index (χ1v) is 7.96. The maximum atomic E-state index is 14.7. The number of nitrogens with one attached hydrogen (secondary N) is 1. The van der Waals surface area contributed by atoms with Gasteiger partial charge in [0.25, 0.3) is 0 Å². The van der Waals surface area contributed by atoms with Gasteiger partial charge in [0.15, 0.2) is 5.82 Å². The molecule has 4 aromatic rings. The quantitative estimate of drug-likeness (QED) is 0.472. The van der Waals surface area contributed by atoms with E-state index in [2.05, 4.69) is 14.6 Å². The molecule has 0 aliphatic heterocycles. The Bertz CT molecular complexity index is 1100. The molecule has 2 aromatic heterocycles. The fourth-order valence-electron chi connectivity index (χ4n) is 2.33. The average molecular weight is 430 g/mol. The van der Waals surface area contributed by atoms with Gasteiger partial charge in [0, 0.05) is 3.57 Å². The highest BCUT2D eigenvalue weighted by molar-refractivity contribution is 14.1.